The number of alkyl halides is 1. The van der Waals surface area contributed by atoms with Crippen LogP contribution in [0.5, 0.6) is 0 Å². The number of benzene rings is 1. The molecular weight excluding hydrogens is 252 g/mol. The van der Waals surface area contributed by atoms with Crippen LogP contribution in [0.3, 0.4) is 0 Å². The van der Waals surface area contributed by atoms with Crippen LogP contribution in [0, 0.1) is 11.3 Å². The summed E-state index contributed by atoms with van der Waals surface area (Å²) in [6, 6.07) is 7.95. The van der Waals surface area contributed by atoms with Crippen LogP contribution in [-0.4, -0.2) is 4.98 Å². The fraction of sp³-hybridized carbons (Fsp3) is 0.250. The number of halogens is 1. The summed E-state index contributed by atoms with van der Waals surface area (Å²) in [6.07, 6.45) is 1.01. The highest BCUT2D eigenvalue weighted by molar-refractivity contribution is 9.08. The molecule has 15 heavy (non-hydrogen) atoms. The van der Waals surface area contributed by atoms with Crippen LogP contribution in [0.2, 0.25) is 0 Å². The average Bonchev–Trinajstić information content (AvgIpc) is 2.65. The molecule has 3 heteroatoms. The second kappa shape index (κ2) is 4.08. The van der Waals surface area contributed by atoms with Crippen molar-refractivity contribution >= 4 is 26.8 Å². The number of aromatic nitrogens is 1. The van der Waals surface area contributed by atoms with Crippen LogP contribution < -0.4 is 0 Å². The molecule has 0 radical (unpaired) electrons. The van der Waals surface area contributed by atoms with E-state index >= 15 is 0 Å². The average molecular weight is 263 g/mol. The van der Waals surface area contributed by atoms with Crippen molar-refractivity contribution < 1.29 is 0 Å². The lowest BCUT2D eigenvalue weighted by Gasteiger charge is -1.96. The summed E-state index contributed by atoms with van der Waals surface area (Å²) in [4.78, 5) is 3.34. The van der Waals surface area contributed by atoms with E-state index in [0.717, 1.165) is 17.3 Å². The zero-order valence-corrected chi connectivity index (χ0v) is 10.1. The van der Waals surface area contributed by atoms with Crippen LogP contribution in [0.25, 0.3) is 10.9 Å². The normalized spacial score (nSPS) is 10.5. The minimum absolute atomic E-state index is 0.701. The smallest absolute Gasteiger partial charge is 0.0992 e. The summed E-state index contributed by atoms with van der Waals surface area (Å²) in [5.41, 5.74) is 4.31. The van der Waals surface area contributed by atoms with Gasteiger partial charge in [-0.25, -0.2) is 0 Å². The van der Waals surface area contributed by atoms with Gasteiger partial charge in [0.05, 0.1) is 11.6 Å². The first-order valence-corrected chi connectivity index (χ1v) is 6.01. The van der Waals surface area contributed by atoms with Gasteiger partial charge in [0.15, 0.2) is 0 Å². The summed E-state index contributed by atoms with van der Waals surface area (Å²) >= 11 is 3.47. The van der Waals surface area contributed by atoms with Gasteiger partial charge in [-0.1, -0.05) is 28.9 Å². The van der Waals surface area contributed by atoms with Gasteiger partial charge in [0.1, 0.15) is 0 Å². The number of nitriles is 1. The molecule has 1 N–H and O–H groups in total. The molecule has 0 fully saturated rings. The molecule has 2 nitrogen and oxygen atoms in total. The SMILES string of the molecule is CCc1c(CBr)[nH]c2cc(C#N)ccc12. The van der Waals surface area contributed by atoms with Gasteiger partial charge in [-0.05, 0) is 24.1 Å². The maximum absolute atomic E-state index is 8.81. The second-order valence-electron chi connectivity index (χ2n) is 3.44. The lowest BCUT2D eigenvalue weighted by Crippen LogP contribution is -1.84. The Morgan fingerprint density at radius 1 is 1.47 bits per heavy atom. The molecule has 2 aromatic rings. The van der Waals surface area contributed by atoms with Crippen molar-refractivity contribution in [2.45, 2.75) is 18.7 Å². The molecule has 1 aromatic carbocycles. The predicted octanol–water partition coefficient (Wildman–Crippen LogP) is 3.50. The quantitative estimate of drug-likeness (QED) is 0.827. The first kappa shape index (κ1) is 10.3. The minimum atomic E-state index is 0.701. The van der Waals surface area contributed by atoms with Crippen LogP contribution in [0.1, 0.15) is 23.7 Å². The number of nitrogens with one attached hydrogen (secondary N) is 1. The van der Waals surface area contributed by atoms with Crippen LogP contribution >= 0.6 is 15.9 Å². The van der Waals surface area contributed by atoms with Crippen LogP contribution in [0.15, 0.2) is 18.2 Å². The molecule has 0 aliphatic carbocycles. The van der Waals surface area contributed by atoms with Gasteiger partial charge in [0.25, 0.3) is 0 Å². The lowest BCUT2D eigenvalue weighted by molar-refractivity contribution is 1.10. The number of nitrogens with zero attached hydrogens (tertiary/aromatic N) is 1. The Morgan fingerprint density at radius 3 is 2.87 bits per heavy atom. The summed E-state index contributed by atoms with van der Waals surface area (Å²) < 4.78 is 0. The highest BCUT2D eigenvalue weighted by atomic mass is 79.9. The monoisotopic (exact) mass is 262 g/mol. The van der Waals surface area contributed by atoms with Crippen molar-refractivity contribution in [3.63, 3.8) is 0 Å². The van der Waals surface area contributed by atoms with E-state index in [1.807, 2.05) is 18.2 Å². The van der Waals surface area contributed by atoms with Crippen LogP contribution in [0.4, 0.5) is 0 Å². The van der Waals surface area contributed by atoms with Crippen molar-refractivity contribution in [1.82, 2.24) is 4.98 Å². The largest absolute Gasteiger partial charge is 0.357 e. The Balaban J connectivity index is 2.72. The molecule has 0 atom stereocenters. The fourth-order valence-corrected chi connectivity index (χ4v) is 2.38. The van der Waals surface area contributed by atoms with E-state index in [1.54, 1.807) is 0 Å². The minimum Gasteiger partial charge on any atom is -0.357 e. The number of aryl methyl sites for hydroxylation is 1. The number of hydrogen-bond acceptors (Lipinski definition) is 1. The molecule has 0 bridgehead atoms. The number of rotatable bonds is 2. The Morgan fingerprint density at radius 2 is 2.27 bits per heavy atom. The number of fused-ring (bicyclic) bond motifs is 1. The van der Waals surface area contributed by atoms with Crippen molar-refractivity contribution in [3.05, 3.63) is 35.0 Å². The Labute approximate surface area is 97.0 Å². The van der Waals surface area contributed by atoms with Gasteiger partial charge < -0.3 is 4.98 Å². The highest BCUT2D eigenvalue weighted by Gasteiger charge is 2.08. The number of H-pyrrole nitrogens is 1. The first-order valence-electron chi connectivity index (χ1n) is 4.89. The standard InChI is InChI=1S/C12H11BrN2/c1-2-9-10-4-3-8(7-14)5-11(10)15-12(9)6-13/h3-5,15H,2,6H2,1H3. The van der Waals surface area contributed by atoms with Crippen molar-refractivity contribution in [1.29, 1.82) is 5.26 Å². The molecule has 1 heterocycles. The van der Waals surface area contributed by atoms with Gasteiger partial charge >= 0.3 is 0 Å². The molecule has 0 aliphatic heterocycles. The molecule has 2 rings (SSSR count). The van der Waals surface area contributed by atoms with Gasteiger partial charge in [-0.15, -0.1) is 0 Å². The van der Waals surface area contributed by atoms with Gasteiger partial charge in [-0.2, -0.15) is 5.26 Å². The van der Waals surface area contributed by atoms with E-state index in [-0.39, 0.29) is 0 Å². The second-order valence-corrected chi connectivity index (χ2v) is 4.00. The Kier molecular flexibility index (Phi) is 2.79. The zero-order valence-electron chi connectivity index (χ0n) is 8.47. The maximum atomic E-state index is 8.81. The third-order valence-electron chi connectivity index (χ3n) is 2.61. The van der Waals surface area contributed by atoms with E-state index in [1.165, 1.54) is 16.6 Å². The molecule has 0 unspecified atom stereocenters. The third kappa shape index (κ3) is 1.66. The zero-order chi connectivity index (χ0) is 10.8. The lowest BCUT2D eigenvalue weighted by atomic mass is 10.1. The van der Waals surface area contributed by atoms with Gasteiger partial charge in [-0.3, -0.25) is 0 Å². The van der Waals surface area contributed by atoms with Crippen molar-refractivity contribution in [2.24, 2.45) is 0 Å². The summed E-state index contributed by atoms with van der Waals surface area (Å²) in [6.45, 7) is 2.15. The van der Waals surface area contributed by atoms with Gasteiger partial charge in [0, 0.05) is 21.9 Å². The topological polar surface area (TPSA) is 39.6 Å². The van der Waals surface area contributed by atoms with E-state index in [4.69, 9.17) is 5.26 Å². The Bertz CT molecular complexity index is 534. The van der Waals surface area contributed by atoms with Crippen molar-refractivity contribution in [2.75, 3.05) is 0 Å². The molecule has 0 saturated carbocycles. The predicted molar refractivity (Wildman–Crippen MR) is 65.0 cm³/mol. The number of hydrogen-bond donors (Lipinski definition) is 1. The van der Waals surface area contributed by atoms with Crippen LogP contribution in [-0.2, 0) is 11.8 Å². The third-order valence-corrected chi connectivity index (χ3v) is 3.17. The first-order chi connectivity index (χ1) is 7.30. The molecule has 76 valence electrons. The van der Waals surface area contributed by atoms with E-state index in [2.05, 4.69) is 33.9 Å². The van der Waals surface area contributed by atoms with E-state index in [0.29, 0.717) is 5.56 Å². The molecule has 0 spiro atoms. The fourth-order valence-electron chi connectivity index (χ4n) is 1.90. The molecule has 1 aromatic heterocycles. The molecule has 0 amide bonds. The summed E-state index contributed by atoms with van der Waals surface area (Å²) in [7, 11) is 0. The summed E-state index contributed by atoms with van der Waals surface area (Å²) in [5.74, 6) is 0. The molecule has 0 saturated heterocycles. The maximum Gasteiger partial charge on any atom is 0.0992 e. The van der Waals surface area contributed by atoms with Gasteiger partial charge in [0.2, 0.25) is 0 Å². The van der Waals surface area contributed by atoms with E-state index < -0.39 is 0 Å². The van der Waals surface area contributed by atoms with Crippen molar-refractivity contribution in [3.8, 4) is 6.07 Å². The number of aromatic amines is 1. The molecular formula is C12H11BrN2. The Hall–Kier alpha value is -1.27. The summed E-state index contributed by atoms with van der Waals surface area (Å²) in [5, 5.41) is 10.9. The highest BCUT2D eigenvalue weighted by Crippen LogP contribution is 2.25. The van der Waals surface area contributed by atoms with E-state index in [9.17, 15) is 0 Å². The molecule has 0 aliphatic rings.